The SMILES string of the molecule is CC1(C=O)C[C@@]2(C)C[C@@](C)(C1)C(=O)NC2=O. The minimum atomic E-state index is -0.587. The summed E-state index contributed by atoms with van der Waals surface area (Å²) in [6.07, 6.45) is 2.50. The molecule has 1 heterocycles. The molecule has 1 unspecified atom stereocenters. The Morgan fingerprint density at radius 2 is 1.44 bits per heavy atom. The van der Waals surface area contributed by atoms with Gasteiger partial charge in [0.05, 0.1) is 0 Å². The van der Waals surface area contributed by atoms with E-state index in [9.17, 15) is 14.4 Å². The molecule has 16 heavy (non-hydrogen) atoms. The summed E-state index contributed by atoms with van der Waals surface area (Å²) in [5.74, 6) is -0.467. The maximum atomic E-state index is 11.8. The summed E-state index contributed by atoms with van der Waals surface area (Å²) in [6, 6.07) is 0. The number of hydrogen-bond acceptors (Lipinski definition) is 3. The Morgan fingerprint density at radius 3 is 1.81 bits per heavy atom. The Hall–Kier alpha value is -1.19. The zero-order valence-corrected chi connectivity index (χ0v) is 9.92. The molecule has 2 fully saturated rings. The number of aldehydes is 1. The van der Waals surface area contributed by atoms with E-state index in [4.69, 9.17) is 0 Å². The normalized spacial score (nSPS) is 47.4. The van der Waals surface area contributed by atoms with E-state index in [0.29, 0.717) is 19.3 Å². The van der Waals surface area contributed by atoms with Gasteiger partial charge >= 0.3 is 0 Å². The molecule has 2 bridgehead atoms. The fraction of sp³-hybridized carbons (Fsp3) is 0.750. The lowest BCUT2D eigenvalue weighted by molar-refractivity contribution is -0.161. The molecule has 1 saturated carbocycles. The molecular formula is C12H17NO3. The fourth-order valence-electron chi connectivity index (χ4n) is 3.64. The molecule has 88 valence electrons. The van der Waals surface area contributed by atoms with Crippen LogP contribution in [0.25, 0.3) is 0 Å². The molecule has 2 amide bonds. The summed E-state index contributed by atoms with van der Waals surface area (Å²) >= 11 is 0. The highest BCUT2D eigenvalue weighted by Gasteiger charge is 2.58. The number of amides is 2. The number of imide groups is 1. The van der Waals surface area contributed by atoms with Crippen LogP contribution in [-0.2, 0) is 14.4 Å². The van der Waals surface area contributed by atoms with Gasteiger partial charge in [-0.2, -0.15) is 0 Å². The second-order valence-electron chi connectivity index (χ2n) is 6.21. The highest BCUT2D eigenvalue weighted by Crippen LogP contribution is 2.55. The van der Waals surface area contributed by atoms with Crippen molar-refractivity contribution in [2.45, 2.75) is 40.0 Å². The average Bonchev–Trinajstić information content (AvgIpc) is 2.14. The third kappa shape index (κ3) is 1.39. The van der Waals surface area contributed by atoms with Crippen LogP contribution in [-0.4, -0.2) is 18.1 Å². The molecule has 1 N–H and O–H groups in total. The quantitative estimate of drug-likeness (QED) is 0.533. The van der Waals surface area contributed by atoms with Crippen molar-refractivity contribution < 1.29 is 14.4 Å². The molecule has 1 aliphatic carbocycles. The monoisotopic (exact) mass is 223 g/mol. The van der Waals surface area contributed by atoms with E-state index in [1.54, 1.807) is 0 Å². The van der Waals surface area contributed by atoms with E-state index < -0.39 is 16.2 Å². The molecule has 4 heteroatoms. The van der Waals surface area contributed by atoms with Crippen LogP contribution in [0.1, 0.15) is 40.0 Å². The van der Waals surface area contributed by atoms with Crippen LogP contribution in [0.2, 0.25) is 0 Å². The van der Waals surface area contributed by atoms with Crippen molar-refractivity contribution in [3.8, 4) is 0 Å². The largest absolute Gasteiger partial charge is 0.303 e. The van der Waals surface area contributed by atoms with Gasteiger partial charge in [0.25, 0.3) is 0 Å². The van der Waals surface area contributed by atoms with Gasteiger partial charge in [0.2, 0.25) is 11.8 Å². The molecule has 0 aromatic heterocycles. The van der Waals surface area contributed by atoms with Crippen molar-refractivity contribution in [3.05, 3.63) is 0 Å². The lowest BCUT2D eigenvalue weighted by Crippen LogP contribution is -2.61. The lowest BCUT2D eigenvalue weighted by atomic mass is 9.52. The molecule has 0 aromatic rings. The molecule has 0 spiro atoms. The zero-order chi connectivity index (χ0) is 12.2. The number of carbonyl (C=O) groups excluding carboxylic acids is 3. The lowest BCUT2D eigenvalue weighted by Gasteiger charge is -2.52. The van der Waals surface area contributed by atoms with Gasteiger partial charge in [0.1, 0.15) is 6.29 Å². The number of nitrogens with one attached hydrogen (secondary N) is 1. The van der Waals surface area contributed by atoms with Gasteiger partial charge in [-0.25, -0.2) is 0 Å². The van der Waals surface area contributed by atoms with Gasteiger partial charge in [-0.05, 0) is 19.3 Å². The van der Waals surface area contributed by atoms with E-state index >= 15 is 0 Å². The summed E-state index contributed by atoms with van der Waals surface area (Å²) in [7, 11) is 0. The van der Waals surface area contributed by atoms with Crippen LogP contribution < -0.4 is 5.32 Å². The molecule has 1 saturated heterocycles. The summed E-state index contributed by atoms with van der Waals surface area (Å²) in [5.41, 5.74) is -1.73. The predicted octanol–water partition coefficient (Wildman–Crippen LogP) is 1.04. The maximum absolute atomic E-state index is 11.8. The number of piperidine rings is 1. The average molecular weight is 223 g/mol. The van der Waals surface area contributed by atoms with Crippen LogP contribution in [0, 0.1) is 16.2 Å². The van der Waals surface area contributed by atoms with E-state index in [1.165, 1.54) is 0 Å². The first-order valence-electron chi connectivity index (χ1n) is 5.55. The Labute approximate surface area is 94.8 Å². The number of rotatable bonds is 1. The minimum absolute atomic E-state index is 0.234. The van der Waals surface area contributed by atoms with Gasteiger partial charge < -0.3 is 4.79 Å². The standard InChI is InChI=1S/C12H17NO3/c1-10(7-14)4-11(2)6-12(3,5-10)9(16)13-8(11)15/h7H,4-6H2,1-3H3,(H,13,15,16)/t10?,11-,12+. The third-order valence-corrected chi connectivity index (χ3v) is 3.98. The van der Waals surface area contributed by atoms with Crippen LogP contribution >= 0.6 is 0 Å². The summed E-state index contributed by atoms with van der Waals surface area (Å²) in [6.45, 7) is 5.52. The first-order valence-corrected chi connectivity index (χ1v) is 5.55. The van der Waals surface area contributed by atoms with E-state index in [-0.39, 0.29) is 11.8 Å². The maximum Gasteiger partial charge on any atom is 0.232 e. The molecule has 2 rings (SSSR count). The van der Waals surface area contributed by atoms with Gasteiger partial charge in [0.15, 0.2) is 0 Å². The fourth-order valence-corrected chi connectivity index (χ4v) is 3.64. The smallest absolute Gasteiger partial charge is 0.232 e. The predicted molar refractivity (Wildman–Crippen MR) is 57.4 cm³/mol. The van der Waals surface area contributed by atoms with Crippen molar-refractivity contribution >= 4 is 18.1 Å². The van der Waals surface area contributed by atoms with Gasteiger partial charge in [0, 0.05) is 16.2 Å². The van der Waals surface area contributed by atoms with Gasteiger partial charge in [-0.1, -0.05) is 20.8 Å². The second-order valence-corrected chi connectivity index (χ2v) is 6.21. The summed E-state index contributed by atoms with van der Waals surface area (Å²) in [4.78, 5) is 34.8. The first kappa shape index (κ1) is 11.3. The number of fused-ring (bicyclic) bond motifs is 2. The minimum Gasteiger partial charge on any atom is -0.303 e. The van der Waals surface area contributed by atoms with Gasteiger partial charge in [-0.15, -0.1) is 0 Å². The Kier molecular flexibility index (Phi) is 2.07. The highest BCUT2D eigenvalue weighted by atomic mass is 16.2. The van der Waals surface area contributed by atoms with Crippen molar-refractivity contribution in [2.75, 3.05) is 0 Å². The molecule has 0 radical (unpaired) electrons. The van der Waals surface area contributed by atoms with E-state index in [0.717, 1.165) is 6.29 Å². The van der Waals surface area contributed by atoms with E-state index in [2.05, 4.69) is 5.32 Å². The Balaban J connectivity index is 2.47. The zero-order valence-electron chi connectivity index (χ0n) is 9.92. The van der Waals surface area contributed by atoms with Crippen LogP contribution in [0.4, 0.5) is 0 Å². The summed E-state index contributed by atoms with van der Waals surface area (Å²) in [5, 5.41) is 2.43. The van der Waals surface area contributed by atoms with E-state index in [1.807, 2.05) is 20.8 Å². The van der Waals surface area contributed by atoms with Crippen molar-refractivity contribution in [2.24, 2.45) is 16.2 Å². The topological polar surface area (TPSA) is 63.2 Å². The first-order chi connectivity index (χ1) is 7.23. The highest BCUT2D eigenvalue weighted by molar-refractivity contribution is 6.04. The Morgan fingerprint density at radius 1 is 1.00 bits per heavy atom. The van der Waals surface area contributed by atoms with Crippen LogP contribution in [0.5, 0.6) is 0 Å². The summed E-state index contributed by atoms with van der Waals surface area (Å²) < 4.78 is 0. The molecule has 4 nitrogen and oxygen atoms in total. The number of hydrogen-bond donors (Lipinski definition) is 1. The Bertz CT molecular complexity index is 354. The second kappa shape index (κ2) is 2.93. The molecule has 1 aliphatic heterocycles. The van der Waals surface area contributed by atoms with Crippen LogP contribution in [0.3, 0.4) is 0 Å². The molecule has 2 aliphatic rings. The molecule has 3 atom stereocenters. The van der Waals surface area contributed by atoms with Crippen molar-refractivity contribution in [1.29, 1.82) is 0 Å². The van der Waals surface area contributed by atoms with Crippen LogP contribution in [0.15, 0.2) is 0 Å². The van der Waals surface area contributed by atoms with Crippen molar-refractivity contribution in [1.82, 2.24) is 5.32 Å². The third-order valence-electron chi connectivity index (χ3n) is 3.98. The van der Waals surface area contributed by atoms with Gasteiger partial charge in [-0.3, -0.25) is 14.9 Å². The molecular weight excluding hydrogens is 206 g/mol. The molecule has 0 aromatic carbocycles. The van der Waals surface area contributed by atoms with Crippen molar-refractivity contribution in [3.63, 3.8) is 0 Å². The number of carbonyl (C=O) groups is 3.